The first-order valence-electron chi connectivity index (χ1n) is 10.8. The van der Waals surface area contributed by atoms with E-state index in [2.05, 4.69) is 36.3 Å². The Hall–Kier alpha value is -1.14. The van der Waals surface area contributed by atoms with Gasteiger partial charge in [0.05, 0.1) is 18.2 Å². The molecule has 2 N–H and O–H groups in total. The first kappa shape index (κ1) is 19.2. The lowest BCUT2D eigenvalue weighted by molar-refractivity contribution is -0.127. The molecule has 6 heteroatoms. The zero-order chi connectivity index (χ0) is 19.2. The highest BCUT2D eigenvalue weighted by Crippen LogP contribution is 2.54. The van der Waals surface area contributed by atoms with Gasteiger partial charge in [-0.15, -0.1) is 0 Å². The van der Waals surface area contributed by atoms with Crippen LogP contribution in [-0.2, 0) is 14.3 Å². The van der Waals surface area contributed by atoms with E-state index in [1.807, 2.05) is 0 Å². The molecule has 1 aliphatic carbocycles. The van der Waals surface area contributed by atoms with Gasteiger partial charge in [0.15, 0.2) is 0 Å². The van der Waals surface area contributed by atoms with Crippen molar-refractivity contribution in [2.24, 2.45) is 17.8 Å². The Labute approximate surface area is 162 Å². The van der Waals surface area contributed by atoms with Gasteiger partial charge in [-0.05, 0) is 46.0 Å². The van der Waals surface area contributed by atoms with Gasteiger partial charge in [-0.25, -0.2) is 0 Å². The molecule has 0 aromatic heterocycles. The number of fused-ring (bicyclic) bond motifs is 1. The molecule has 6 nitrogen and oxygen atoms in total. The summed E-state index contributed by atoms with van der Waals surface area (Å²) in [6.45, 7) is 9.14. The van der Waals surface area contributed by atoms with Crippen LogP contribution in [0.5, 0.6) is 0 Å². The van der Waals surface area contributed by atoms with Crippen LogP contribution in [0.25, 0.3) is 0 Å². The van der Waals surface area contributed by atoms with E-state index in [0.29, 0.717) is 18.4 Å². The molecule has 1 spiro atoms. The van der Waals surface area contributed by atoms with Crippen LogP contribution in [0.4, 0.5) is 0 Å². The molecular weight excluding hydrogens is 342 g/mol. The van der Waals surface area contributed by atoms with E-state index in [1.54, 1.807) is 0 Å². The SMILES string of the molecule is CCC(C)(C)NC(=O)CN1C[C@@H]2[C@H](CNC(=O)C3CCC3)[C@H]3CC[C@]2(C1)O3. The largest absolute Gasteiger partial charge is 0.370 e. The van der Waals surface area contributed by atoms with Crippen molar-refractivity contribution >= 4 is 11.8 Å². The van der Waals surface area contributed by atoms with Crippen LogP contribution in [0.15, 0.2) is 0 Å². The molecule has 3 heterocycles. The van der Waals surface area contributed by atoms with Crippen molar-refractivity contribution in [1.29, 1.82) is 0 Å². The number of ether oxygens (including phenoxy) is 1. The van der Waals surface area contributed by atoms with Gasteiger partial charge in [0.25, 0.3) is 0 Å². The summed E-state index contributed by atoms with van der Waals surface area (Å²) in [7, 11) is 0. The van der Waals surface area contributed by atoms with Gasteiger partial charge < -0.3 is 15.4 Å². The quantitative estimate of drug-likeness (QED) is 0.708. The fourth-order valence-corrected chi connectivity index (χ4v) is 5.42. The van der Waals surface area contributed by atoms with Crippen LogP contribution >= 0.6 is 0 Å². The number of likely N-dealkylation sites (tertiary alicyclic amines) is 1. The molecule has 2 amide bonds. The zero-order valence-electron chi connectivity index (χ0n) is 17.1. The summed E-state index contributed by atoms with van der Waals surface area (Å²) in [5.74, 6) is 1.40. The summed E-state index contributed by atoms with van der Waals surface area (Å²) in [4.78, 5) is 26.9. The van der Waals surface area contributed by atoms with Crippen molar-refractivity contribution in [2.45, 2.75) is 76.5 Å². The van der Waals surface area contributed by atoms with Crippen molar-refractivity contribution in [1.82, 2.24) is 15.5 Å². The maximum Gasteiger partial charge on any atom is 0.234 e. The van der Waals surface area contributed by atoms with Crippen LogP contribution in [0.3, 0.4) is 0 Å². The molecule has 0 aromatic carbocycles. The van der Waals surface area contributed by atoms with Gasteiger partial charge in [0.2, 0.25) is 11.8 Å². The predicted octanol–water partition coefficient (Wildman–Crippen LogP) is 1.69. The topological polar surface area (TPSA) is 70.7 Å². The minimum absolute atomic E-state index is 0.0862. The average Bonchev–Trinajstić information content (AvgIpc) is 3.18. The highest BCUT2D eigenvalue weighted by molar-refractivity contribution is 5.79. The molecule has 4 fully saturated rings. The summed E-state index contributed by atoms with van der Waals surface area (Å²) in [6.07, 6.45) is 6.65. The Kier molecular flexibility index (Phi) is 5.00. The van der Waals surface area contributed by atoms with E-state index in [9.17, 15) is 9.59 Å². The van der Waals surface area contributed by atoms with E-state index in [0.717, 1.165) is 51.7 Å². The van der Waals surface area contributed by atoms with Crippen LogP contribution in [0, 0.1) is 17.8 Å². The van der Waals surface area contributed by atoms with Crippen molar-refractivity contribution in [3.63, 3.8) is 0 Å². The lowest BCUT2D eigenvalue weighted by Crippen LogP contribution is -2.47. The standard InChI is InChI=1S/C21H35N3O3/c1-4-20(2,3)23-18(25)12-24-11-16-15(10-22-19(26)14-6-5-7-14)17-8-9-21(16,13-24)27-17/h14-17H,4-13H2,1-3H3,(H,22,26)(H,23,25)/t15-,16+,17+,21+/m0/s1. The molecule has 4 rings (SSSR count). The van der Waals surface area contributed by atoms with Crippen LogP contribution in [-0.4, -0.2) is 60.1 Å². The van der Waals surface area contributed by atoms with E-state index >= 15 is 0 Å². The lowest BCUT2D eigenvalue weighted by atomic mass is 9.73. The Morgan fingerprint density at radius 3 is 2.70 bits per heavy atom. The third kappa shape index (κ3) is 3.63. The monoisotopic (exact) mass is 377 g/mol. The van der Waals surface area contributed by atoms with Crippen molar-refractivity contribution in [3.8, 4) is 0 Å². The second-order valence-electron chi connectivity index (χ2n) is 9.86. The van der Waals surface area contributed by atoms with Crippen molar-refractivity contribution < 1.29 is 14.3 Å². The molecule has 27 heavy (non-hydrogen) atoms. The van der Waals surface area contributed by atoms with Crippen LogP contribution in [0.1, 0.15) is 59.3 Å². The third-order valence-electron chi connectivity index (χ3n) is 7.57. The van der Waals surface area contributed by atoms with Gasteiger partial charge in [-0.2, -0.15) is 0 Å². The normalized spacial score (nSPS) is 35.7. The molecule has 3 saturated heterocycles. The molecular formula is C21H35N3O3. The summed E-state index contributed by atoms with van der Waals surface area (Å²) >= 11 is 0. The first-order chi connectivity index (χ1) is 12.8. The maximum absolute atomic E-state index is 12.5. The summed E-state index contributed by atoms with van der Waals surface area (Å²) in [5.41, 5.74) is -0.245. The Morgan fingerprint density at radius 1 is 1.26 bits per heavy atom. The minimum Gasteiger partial charge on any atom is -0.370 e. The van der Waals surface area contributed by atoms with E-state index in [4.69, 9.17) is 4.74 Å². The summed E-state index contributed by atoms with van der Waals surface area (Å²) < 4.78 is 6.44. The number of carbonyl (C=O) groups excluding carboxylic acids is 2. The first-order valence-corrected chi connectivity index (χ1v) is 10.8. The fourth-order valence-electron chi connectivity index (χ4n) is 5.42. The molecule has 1 saturated carbocycles. The number of hydrogen-bond acceptors (Lipinski definition) is 4. The van der Waals surface area contributed by atoms with Crippen molar-refractivity contribution in [3.05, 3.63) is 0 Å². The van der Waals surface area contributed by atoms with Gasteiger partial charge in [-0.3, -0.25) is 14.5 Å². The predicted molar refractivity (Wildman–Crippen MR) is 103 cm³/mol. The molecule has 0 radical (unpaired) electrons. The number of nitrogens with one attached hydrogen (secondary N) is 2. The minimum atomic E-state index is -0.158. The molecule has 4 atom stereocenters. The molecule has 3 aliphatic heterocycles. The summed E-state index contributed by atoms with van der Waals surface area (Å²) in [6, 6.07) is 0. The zero-order valence-corrected chi connectivity index (χ0v) is 17.1. The number of nitrogens with zero attached hydrogens (tertiary/aromatic N) is 1. The van der Waals surface area contributed by atoms with Crippen molar-refractivity contribution in [2.75, 3.05) is 26.2 Å². The second kappa shape index (κ2) is 7.03. The Balaban J connectivity index is 1.33. The maximum atomic E-state index is 12.5. The number of hydrogen-bond donors (Lipinski definition) is 2. The molecule has 4 aliphatic rings. The van der Waals surface area contributed by atoms with Gasteiger partial charge in [-0.1, -0.05) is 13.3 Å². The highest BCUT2D eigenvalue weighted by atomic mass is 16.5. The molecule has 2 bridgehead atoms. The highest BCUT2D eigenvalue weighted by Gasteiger charge is 2.62. The smallest absolute Gasteiger partial charge is 0.234 e. The summed E-state index contributed by atoms with van der Waals surface area (Å²) in [5, 5.41) is 6.34. The second-order valence-corrected chi connectivity index (χ2v) is 9.86. The van der Waals surface area contributed by atoms with Gasteiger partial charge in [0, 0.05) is 42.9 Å². The van der Waals surface area contributed by atoms with E-state index in [1.165, 1.54) is 6.42 Å². The van der Waals surface area contributed by atoms with E-state index in [-0.39, 0.29) is 35.0 Å². The average molecular weight is 378 g/mol. The number of carbonyl (C=O) groups is 2. The van der Waals surface area contributed by atoms with Gasteiger partial charge in [0.1, 0.15) is 0 Å². The Bertz CT molecular complexity index is 603. The van der Waals surface area contributed by atoms with Crippen LogP contribution in [0.2, 0.25) is 0 Å². The third-order valence-corrected chi connectivity index (χ3v) is 7.57. The number of amides is 2. The van der Waals surface area contributed by atoms with Gasteiger partial charge >= 0.3 is 0 Å². The van der Waals surface area contributed by atoms with E-state index < -0.39 is 0 Å². The van der Waals surface area contributed by atoms with Crippen LogP contribution < -0.4 is 10.6 Å². The fraction of sp³-hybridized carbons (Fsp3) is 0.905. The lowest BCUT2D eigenvalue weighted by Gasteiger charge is -2.31. The molecule has 152 valence electrons. The Morgan fingerprint density at radius 2 is 2.04 bits per heavy atom. The number of rotatable bonds is 7. The molecule has 0 aromatic rings. The molecule has 0 unspecified atom stereocenters.